The predicted molar refractivity (Wildman–Crippen MR) is 110 cm³/mol. The zero-order valence-corrected chi connectivity index (χ0v) is 16.1. The Balaban J connectivity index is 2.03. The average Bonchev–Trinajstić information content (AvgIpc) is 3.08. The van der Waals surface area contributed by atoms with Crippen molar-refractivity contribution >= 4 is 45.3 Å². The first-order valence-electron chi connectivity index (χ1n) is 7.67. The van der Waals surface area contributed by atoms with Gasteiger partial charge in [-0.05, 0) is 58.5 Å². The van der Waals surface area contributed by atoms with Crippen LogP contribution in [0.5, 0.6) is 11.5 Å². The molecule has 2 aromatic carbocycles. The molecule has 1 heterocycles. The number of hydrogen-bond donors (Lipinski definition) is 1. The first-order valence-corrected chi connectivity index (χ1v) is 8.75. The molecule has 0 aliphatic carbocycles. The molecular formula is C20H14IN3O2. The van der Waals surface area contributed by atoms with Crippen LogP contribution in [0.15, 0.2) is 36.4 Å². The van der Waals surface area contributed by atoms with Crippen LogP contribution in [0.25, 0.3) is 22.7 Å². The normalized spacial score (nSPS) is 11.0. The van der Waals surface area contributed by atoms with Crippen LogP contribution < -0.4 is 9.47 Å². The van der Waals surface area contributed by atoms with Crippen LogP contribution in [-0.2, 0) is 0 Å². The molecule has 0 fully saturated rings. The van der Waals surface area contributed by atoms with Gasteiger partial charge in [0.2, 0.25) is 0 Å². The van der Waals surface area contributed by atoms with Crippen LogP contribution in [0.2, 0.25) is 0 Å². The summed E-state index contributed by atoms with van der Waals surface area (Å²) < 4.78 is 11.8. The summed E-state index contributed by atoms with van der Waals surface area (Å²) in [6.45, 7) is 0.157. The summed E-state index contributed by atoms with van der Waals surface area (Å²) in [6, 6.07) is 13.5. The van der Waals surface area contributed by atoms with Gasteiger partial charge in [0, 0.05) is 0 Å². The fourth-order valence-corrected chi connectivity index (χ4v) is 3.26. The van der Waals surface area contributed by atoms with E-state index in [2.05, 4.69) is 44.5 Å². The Morgan fingerprint density at radius 3 is 2.88 bits per heavy atom. The topological polar surface area (TPSA) is 70.9 Å². The second kappa shape index (κ2) is 7.94. The van der Waals surface area contributed by atoms with Crippen molar-refractivity contribution in [2.45, 2.75) is 0 Å². The number of para-hydroxylation sites is 2. The molecule has 1 aromatic heterocycles. The van der Waals surface area contributed by atoms with Gasteiger partial charge in [-0.1, -0.05) is 18.1 Å². The Kier molecular flexibility index (Phi) is 5.45. The van der Waals surface area contributed by atoms with Gasteiger partial charge >= 0.3 is 0 Å². The highest BCUT2D eigenvalue weighted by molar-refractivity contribution is 14.1. The zero-order valence-electron chi connectivity index (χ0n) is 13.9. The van der Waals surface area contributed by atoms with Gasteiger partial charge < -0.3 is 14.5 Å². The lowest BCUT2D eigenvalue weighted by molar-refractivity contribution is 0.328. The zero-order chi connectivity index (χ0) is 18.5. The van der Waals surface area contributed by atoms with Crippen LogP contribution in [0, 0.1) is 27.2 Å². The van der Waals surface area contributed by atoms with E-state index in [0.717, 1.165) is 20.2 Å². The second-order valence-corrected chi connectivity index (χ2v) is 6.46. The van der Waals surface area contributed by atoms with E-state index >= 15 is 0 Å². The molecule has 0 atom stereocenters. The summed E-state index contributed by atoms with van der Waals surface area (Å²) in [5.74, 6) is 4.10. The van der Waals surface area contributed by atoms with E-state index in [1.807, 2.05) is 30.3 Å². The van der Waals surface area contributed by atoms with Gasteiger partial charge in [-0.2, -0.15) is 5.26 Å². The molecule has 6 heteroatoms. The van der Waals surface area contributed by atoms with Crippen molar-refractivity contribution in [3.05, 3.63) is 51.4 Å². The lowest BCUT2D eigenvalue weighted by Gasteiger charge is -2.12. The molecule has 0 bridgehead atoms. The van der Waals surface area contributed by atoms with Gasteiger partial charge in [0.25, 0.3) is 0 Å². The molecule has 26 heavy (non-hydrogen) atoms. The minimum Gasteiger partial charge on any atom is -0.493 e. The monoisotopic (exact) mass is 455 g/mol. The largest absolute Gasteiger partial charge is 0.493 e. The number of aromatic nitrogens is 2. The Morgan fingerprint density at radius 1 is 1.38 bits per heavy atom. The summed E-state index contributed by atoms with van der Waals surface area (Å²) in [5, 5.41) is 9.57. The lowest BCUT2D eigenvalue weighted by Crippen LogP contribution is -1.99. The number of nitrogens with one attached hydrogen (secondary N) is 1. The van der Waals surface area contributed by atoms with Gasteiger partial charge in [-0.25, -0.2) is 4.98 Å². The van der Waals surface area contributed by atoms with E-state index in [9.17, 15) is 5.26 Å². The van der Waals surface area contributed by atoms with Gasteiger partial charge in [-0.15, -0.1) is 6.42 Å². The smallest absolute Gasteiger partial charge is 0.175 e. The molecule has 0 aliphatic rings. The van der Waals surface area contributed by atoms with E-state index in [1.165, 1.54) is 0 Å². The number of allylic oxidation sites excluding steroid dienone is 1. The summed E-state index contributed by atoms with van der Waals surface area (Å²) >= 11 is 2.15. The Morgan fingerprint density at radius 2 is 2.19 bits per heavy atom. The maximum Gasteiger partial charge on any atom is 0.175 e. The molecule has 0 amide bonds. The van der Waals surface area contributed by atoms with Gasteiger partial charge in [0.05, 0.1) is 27.3 Å². The van der Waals surface area contributed by atoms with Crippen LogP contribution in [-0.4, -0.2) is 23.7 Å². The quantitative estimate of drug-likeness (QED) is 0.355. The molecule has 128 valence electrons. The van der Waals surface area contributed by atoms with Crippen molar-refractivity contribution < 1.29 is 9.47 Å². The third-order valence-electron chi connectivity index (χ3n) is 3.63. The van der Waals surface area contributed by atoms with E-state index < -0.39 is 0 Å². The molecule has 3 aromatic rings. The molecule has 3 rings (SSSR count). The van der Waals surface area contributed by atoms with Crippen molar-refractivity contribution in [1.29, 1.82) is 5.26 Å². The van der Waals surface area contributed by atoms with Crippen molar-refractivity contribution in [3.63, 3.8) is 0 Å². The van der Waals surface area contributed by atoms with Gasteiger partial charge in [0.1, 0.15) is 18.5 Å². The van der Waals surface area contributed by atoms with Crippen LogP contribution in [0.1, 0.15) is 11.4 Å². The molecule has 0 aliphatic heterocycles. The number of nitriles is 1. The molecule has 0 saturated carbocycles. The Labute approximate surface area is 164 Å². The highest BCUT2D eigenvalue weighted by Gasteiger charge is 2.13. The molecule has 0 spiro atoms. The predicted octanol–water partition coefficient (Wildman–Crippen LogP) is 4.25. The highest BCUT2D eigenvalue weighted by Crippen LogP contribution is 2.35. The first kappa shape index (κ1) is 17.8. The number of methoxy groups -OCH3 is 1. The van der Waals surface area contributed by atoms with Crippen LogP contribution in [0.4, 0.5) is 0 Å². The second-order valence-electron chi connectivity index (χ2n) is 5.30. The summed E-state index contributed by atoms with van der Waals surface area (Å²) in [5.41, 5.74) is 2.93. The number of hydrogen-bond acceptors (Lipinski definition) is 4. The number of terminal acetylenes is 1. The maximum atomic E-state index is 9.57. The van der Waals surface area contributed by atoms with E-state index in [0.29, 0.717) is 22.9 Å². The number of aromatic amines is 1. The fourth-order valence-electron chi connectivity index (χ4n) is 2.48. The van der Waals surface area contributed by atoms with Crippen molar-refractivity contribution in [2.24, 2.45) is 0 Å². The minimum absolute atomic E-state index is 0.157. The summed E-state index contributed by atoms with van der Waals surface area (Å²) in [7, 11) is 1.56. The lowest BCUT2D eigenvalue weighted by atomic mass is 10.1. The molecular weight excluding hydrogens is 441 g/mol. The number of rotatable bonds is 5. The number of ether oxygens (including phenoxy) is 2. The third kappa shape index (κ3) is 3.66. The molecule has 5 nitrogen and oxygen atoms in total. The average molecular weight is 455 g/mol. The van der Waals surface area contributed by atoms with Crippen molar-refractivity contribution in [1.82, 2.24) is 9.97 Å². The summed E-state index contributed by atoms with van der Waals surface area (Å²) in [6.07, 6.45) is 7.01. The SMILES string of the molecule is C#CCOc1c(I)cc(/C=C(\C#N)c2nc3ccccc3[nH]2)cc1OC. The highest BCUT2D eigenvalue weighted by atomic mass is 127. The molecule has 0 radical (unpaired) electrons. The van der Waals surface area contributed by atoms with Crippen molar-refractivity contribution in [2.75, 3.05) is 13.7 Å². The molecule has 0 saturated heterocycles. The fraction of sp³-hybridized carbons (Fsp3) is 0.100. The van der Waals surface area contributed by atoms with Crippen LogP contribution >= 0.6 is 22.6 Å². The first-order chi connectivity index (χ1) is 12.7. The number of H-pyrrole nitrogens is 1. The van der Waals surface area contributed by atoms with Gasteiger partial charge in [0.15, 0.2) is 11.5 Å². The van der Waals surface area contributed by atoms with Gasteiger partial charge in [-0.3, -0.25) is 0 Å². The van der Waals surface area contributed by atoms with E-state index in [4.69, 9.17) is 15.9 Å². The number of imidazole rings is 1. The molecule has 1 N–H and O–H groups in total. The number of fused-ring (bicyclic) bond motifs is 1. The standard InChI is InChI=1S/C20H14IN3O2/c1-3-8-26-19-15(21)10-13(11-18(19)25-2)9-14(12-22)20-23-16-6-4-5-7-17(16)24-20/h1,4-7,9-11H,8H2,2H3,(H,23,24)/b14-9+. The number of nitrogens with zero attached hydrogens (tertiary/aromatic N) is 2. The molecule has 0 unspecified atom stereocenters. The van der Waals surface area contributed by atoms with Crippen molar-refractivity contribution in [3.8, 4) is 29.9 Å². The van der Waals surface area contributed by atoms with E-state index in [1.54, 1.807) is 19.3 Å². The Hall–Kier alpha value is -2.97. The minimum atomic E-state index is 0.157. The number of benzene rings is 2. The Bertz CT molecular complexity index is 1040. The maximum absolute atomic E-state index is 9.57. The van der Waals surface area contributed by atoms with E-state index in [-0.39, 0.29) is 6.61 Å². The third-order valence-corrected chi connectivity index (χ3v) is 4.43. The summed E-state index contributed by atoms with van der Waals surface area (Å²) in [4.78, 5) is 7.64. The van der Waals surface area contributed by atoms with Crippen LogP contribution in [0.3, 0.4) is 0 Å². The number of halogens is 1.